The zero-order valence-electron chi connectivity index (χ0n) is 24.5. The number of piperidine rings is 1. The highest BCUT2D eigenvalue weighted by Crippen LogP contribution is 2.42. The largest absolute Gasteiger partial charge is 0.391 e. The van der Waals surface area contributed by atoms with E-state index in [9.17, 15) is 18.7 Å². The molecule has 45 heavy (non-hydrogen) atoms. The topological polar surface area (TPSA) is 133 Å². The van der Waals surface area contributed by atoms with Crippen LogP contribution in [0.1, 0.15) is 42.2 Å². The number of carbonyl (C=O) groups is 1. The fourth-order valence-electron chi connectivity index (χ4n) is 5.77. The highest BCUT2D eigenvalue weighted by molar-refractivity contribution is 8.00. The van der Waals surface area contributed by atoms with Crippen molar-refractivity contribution in [2.24, 2.45) is 5.92 Å². The Balaban J connectivity index is 1.27. The van der Waals surface area contributed by atoms with E-state index in [2.05, 4.69) is 36.6 Å². The van der Waals surface area contributed by atoms with E-state index >= 15 is 0 Å². The number of hydrogen-bond donors (Lipinski definition) is 4. The summed E-state index contributed by atoms with van der Waals surface area (Å²) in [5, 5.41) is 24.6. The molecule has 4 aromatic rings. The molecule has 234 valence electrons. The van der Waals surface area contributed by atoms with Crippen LogP contribution in [0.3, 0.4) is 0 Å². The molecule has 0 radical (unpaired) electrons. The average molecular weight is 634 g/mol. The number of nitrogens with one attached hydrogen (secondary N) is 3. The monoisotopic (exact) mass is 633 g/mol. The maximum atomic E-state index is 12.7. The Morgan fingerprint density at radius 3 is 2.93 bits per heavy atom. The standard InChI is InChI=1S/C31H33F2N9O2S/c1-3-18(2)42-24-14-21(10-11-23(24)38-40-42)36-31-35-15-25(41-12-6-8-20(17-41)30(44)34-16-27(32)33)29(37-31)39-45-28-22-9-5-4-7-19(22)13-26(28)43/h1,4-5,7,9-11,14-15,18,20,26-28,43H,6,8,12-13,16-17H2,2H3,(H,34,44)(H2,35,36,37,39)/t18-,20+,26-,28+/m1/s1. The van der Waals surface area contributed by atoms with Crippen LogP contribution in [0.5, 0.6) is 0 Å². The van der Waals surface area contributed by atoms with Gasteiger partial charge in [-0.15, -0.1) is 11.5 Å². The van der Waals surface area contributed by atoms with Crippen LogP contribution in [-0.4, -0.2) is 68.1 Å². The van der Waals surface area contributed by atoms with Gasteiger partial charge in [0.15, 0.2) is 5.82 Å². The Hall–Kier alpha value is -4.48. The average Bonchev–Trinajstić information content (AvgIpc) is 3.62. The van der Waals surface area contributed by atoms with Gasteiger partial charge in [0.2, 0.25) is 11.9 Å². The normalized spacial score (nSPS) is 20.1. The molecule has 1 aliphatic heterocycles. The first-order chi connectivity index (χ1) is 21.8. The lowest BCUT2D eigenvalue weighted by Gasteiger charge is -2.34. The van der Waals surface area contributed by atoms with Gasteiger partial charge in [0, 0.05) is 25.2 Å². The minimum absolute atomic E-state index is 0.219. The molecule has 0 saturated carbocycles. The van der Waals surface area contributed by atoms with E-state index in [-0.39, 0.29) is 11.3 Å². The first-order valence-electron chi connectivity index (χ1n) is 14.7. The van der Waals surface area contributed by atoms with Gasteiger partial charge in [-0.05, 0) is 61.0 Å². The lowest BCUT2D eigenvalue weighted by atomic mass is 9.97. The van der Waals surface area contributed by atoms with Gasteiger partial charge in [0.1, 0.15) is 11.6 Å². The number of fused-ring (bicyclic) bond motifs is 2. The molecule has 1 aliphatic carbocycles. The Bertz CT molecular complexity index is 1730. The zero-order chi connectivity index (χ0) is 31.5. The van der Waals surface area contributed by atoms with Crippen LogP contribution in [0.25, 0.3) is 11.0 Å². The van der Waals surface area contributed by atoms with E-state index in [0.717, 1.165) is 16.6 Å². The summed E-state index contributed by atoms with van der Waals surface area (Å²) < 4.78 is 30.5. The van der Waals surface area contributed by atoms with Crippen molar-refractivity contribution in [2.45, 2.75) is 50.0 Å². The number of nitrogens with zero attached hydrogens (tertiary/aromatic N) is 6. The molecular formula is C31H33F2N9O2S. The second kappa shape index (κ2) is 13.3. The molecule has 11 nitrogen and oxygen atoms in total. The van der Waals surface area contributed by atoms with Crippen molar-refractivity contribution in [3.8, 4) is 12.3 Å². The number of halogens is 2. The highest BCUT2D eigenvalue weighted by Gasteiger charge is 2.33. The number of aromatic nitrogens is 5. The lowest BCUT2D eigenvalue weighted by molar-refractivity contribution is -0.125. The Morgan fingerprint density at radius 1 is 1.27 bits per heavy atom. The molecule has 0 spiro atoms. The summed E-state index contributed by atoms with van der Waals surface area (Å²) in [6, 6.07) is 13.2. The molecule has 2 aromatic carbocycles. The number of rotatable bonds is 10. The van der Waals surface area contributed by atoms with Gasteiger partial charge in [-0.25, -0.2) is 18.4 Å². The molecule has 2 aliphatic rings. The van der Waals surface area contributed by atoms with Gasteiger partial charge in [0.05, 0.1) is 41.2 Å². The van der Waals surface area contributed by atoms with Gasteiger partial charge in [-0.1, -0.05) is 35.4 Å². The summed E-state index contributed by atoms with van der Waals surface area (Å²) in [6.07, 6.45) is 5.98. The quantitative estimate of drug-likeness (QED) is 0.146. The van der Waals surface area contributed by atoms with Crippen molar-refractivity contribution in [1.82, 2.24) is 30.3 Å². The summed E-state index contributed by atoms with van der Waals surface area (Å²) in [7, 11) is 0. The molecule has 14 heteroatoms. The predicted molar refractivity (Wildman–Crippen MR) is 170 cm³/mol. The number of hydrogen-bond acceptors (Lipinski definition) is 10. The Morgan fingerprint density at radius 2 is 2.11 bits per heavy atom. The SMILES string of the molecule is C#C[C@@H](C)n1nnc2ccc(Nc3ncc(N4CCC[C@H](C(=O)NCC(F)F)C4)c(NS[C@H]4c5ccccc5C[C@H]4O)n3)cc21. The van der Waals surface area contributed by atoms with Crippen molar-refractivity contribution in [1.29, 1.82) is 0 Å². The van der Waals surface area contributed by atoms with Crippen molar-refractivity contribution in [3.05, 3.63) is 59.8 Å². The molecule has 4 N–H and O–H groups in total. The zero-order valence-corrected chi connectivity index (χ0v) is 25.3. The van der Waals surface area contributed by atoms with Crippen LogP contribution in [0.4, 0.5) is 31.9 Å². The van der Waals surface area contributed by atoms with E-state index in [1.165, 1.54) is 11.9 Å². The first kappa shape index (κ1) is 30.5. The molecule has 2 aromatic heterocycles. The number of alkyl halides is 2. The number of terminal acetylenes is 1. The smallest absolute Gasteiger partial charge is 0.255 e. The van der Waals surface area contributed by atoms with Gasteiger partial charge in [-0.3, -0.25) is 4.79 Å². The summed E-state index contributed by atoms with van der Waals surface area (Å²) >= 11 is 1.36. The fraction of sp³-hybridized carbons (Fsp3) is 0.387. The van der Waals surface area contributed by atoms with Gasteiger partial charge >= 0.3 is 0 Å². The second-order valence-corrected chi connectivity index (χ2v) is 12.1. The molecule has 0 bridgehead atoms. The van der Waals surface area contributed by atoms with E-state index in [1.807, 2.05) is 54.3 Å². The summed E-state index contributed by atoms with van der Waals surface area (Å²) in [5.74, 6) is 2.64. The van der Waals surface area contributed by atoms with E-state index in [0.29, 0.717) is 61.0 Å². The van der Waals surface area contributed by atoms with E-state index in [1.54, 1.807) is 10.9 Å². The first-order valence-corrected chi connectivity index (χ1v) is 15.6. The van der Waals surface area contributed by atoms with Crippen molar-refractivity contribution in [3.63, 3.8) is 0 Å². The predicted octanol–water partition coefficient (Wildman–Crippen LogP) is 4.48. The van der Waals surface area contributed by atoms with E-state index in [4.69, 9.17) is 11.4 Å². The lowest BCUT2D eigenvalue weighted by Crippen LogP contribution is -2.44. The van der Waals surface area contributed by atoms with Crippen LogP contribution in [0.2, 0.25) is 0 Å². The van der Waals surface area contributed by atoms with E-state index < -0.39 is 30.9 Å². The summed E-state index contributed by atoms with van der Waals surface area (Å²) in [5.41, 5.74) is 4.99. The number of anilines is 4. The van der Waals surface area contributed by atoms with Crippen molar-refractivity contribution < 1.29 is 18.7 Å². The fourth-order valence-corrected chi connectivity index (χ4v) is 6.77. The minimum Gasteiger partial charge on any atom is -0.391 e. The van der Waals surface area contributed by atoms with Gasteiger partial charge in [0.25, 0.3) is 6.43 Å². The maximum Gasteiger partial charge on any atom is 0.255 e. The highest BCUT2D eigenvalue weighted by atomic mass is 32.2. The third-order valence-corrected chi connectivity index (χ3v) is 9.22. The van der Waals surface area contributed by atoms with Crippen LogP contribution in [0, 0.1) is 18.3 Å². The molecule has 4 atom stereocenters. The third kappa shape index (κ3) is 6.64. The summed E-state index contributed by atoms with van der Waals surface area (Å²) in [6.45, 7) is 2.17. The van der Waals surface area contributed by atoms with Crippen molar-refractivity contribution >= 4 is 52.0 Å². The van der Waals surface area contributed by atoms with Crippen LogP contribution in [-0.2, 0) is 11.2 Å². The van der Waals surface area contributed by atoms with Gasteiger partial charge < -0.3 is 25.4 Å². The molecule has 6 rings (SSSR count). The number of benzene rings is 2. The molecular weight excluding hydrogens is 600 g/mol. The second-order valence-electron chi connectivity index (χ2n) is 11.2. The summed E-state index contributed by atoms with van der Waals surface area (Å²) in [4.78, 5) is 24.0. The van der Waals surface area contributed by atoms with Crippen LogP contribution >= 0.6 is 11.9 Å². The molecule has 1 fully saturated rings. The van der Waals surface area contributed by atoms with Crippen LogP contribution < -0.4 is 20.3 Å². The number of aliphatic hydroxyl groups is 1. The van der Waals surface area contributed by atoms with Crippen LogP contribution in [0.15, 0.2) is 48.7 Å². The van der Waals surface area contributed by atoms with Crippen molar-refractivity contribution in [2.75, 3.05) is 34.6 Å². The third-order valence-electron chi connectivity index (χ3n) is 8.09. The number of aliphatic hydroxyl groups excluding tert-OH is 1. The van der Waals surface area contributed by atoms with Gasteiger partial charge in [-0.2, -0.15) is 4.98 Å². The number of amides is 1. The maximum absolute atomic E-state index is 12.7. The minimum atomic E-state index is -2.61. The Labute approximate surface area is 263 Å². The number of carbonyl (C=O) groups excluding carboxylic acids is 1. The molecule has 0 unspecified atom stereocenters. The molecule has 1 saturated heterocycles. The Kier molecular flexibility index (Phi) is 8.99. The molecule has 3 heterocycles. The molecule has 1 amide bonds.